The van der Waals surface area contributed by atoms with Crippen LogP contribution < -0.4 is 15.2 Å². The molecule has 1 N–H and O–H groups in total. The number of carbonyl (C=O) groups is 1. The quantitative estimate of drug-likeness (QED) is 0.453. The summed E-state index contributed by atoms with van der Waals surface area (Å²) in [6.45, 7) is 4.45. The summed E-state index contributed by atoms with van der Waals surface area (Å²) >= 11 is 0. The zero-order chi connectivity index (χ0) is 24.0. The van der Waals surface area contributed by atoms with Gasteiger partial charge in [0.15, 0.2) is 5.82 Å². The Balaban J connectivity index is 1.35. The molecule has 2 fully saturated rings. The van der Waals surface area contributed by atoms with Crippen LogP contribution in [0.5, 0.6) is 0 Å². The first kappa shape index (κ1) is 21.9. The van der Waals surface area contributed by atoms with Gasteiger partial charge >= 0.3 is 0 Å². The van der Waals surface area contributed by atoms with E-state index in [1.54, 1.807) is 18.5 Å². The van der Waals surface area contributed by atoms with E-state index in [0.717, 1.165) is 67.9 Å². The topological polar surface area (TPSA) is 112 Å². The van der Waals surface area contributed by atoms with Gasteiger partial charge in [0.2, 0.25) is 0 Å². The van der Waals surface area contributed by atoms with Crippen LogP contribution in [0.4, 0.5) is 17.5 Å². The highest BCUT2D eigenvalue weighted by Crippen LogP contribution is 2.40. The van der Waals surface area contributed by atoms with Gasteiger partial charge in [0, 0.05) is 44.3 Å². The summed E-state index contributed by atoms with van der Waals surface area (Å²) in [5.74, 6) is 0.394. The Hall–Kier alpha value is -3.60. The third-order valence-electron chi connectivity index (χ3n) is 7.69. The highest BCUT2D eigenvalue weighted by atomic mass is 16.3. The molecule has 1 saturated heterocycles. The van der Waals surface area contributed by atoms with E-state index in [0.29, 0.717) is 23.7 Å². The van der Waals surface area contributed by atoms with Gasteiger partial charge in [-0.05, 0) is 38.1 Å². The van der Waals surface area contributed by atoms with Crippen molar-refractivity contribution in [2.45, 2.75) is 37.6 Å². The number of nitrogens with one attached hydrogen (secondary N) is 1. The van der Waals surface area contributed by atoms with Crippen LogP contribution in [0.3, 0.4) is 0 Å². The van der Waals surface area contributed by atoms with E-state index in [1.165, 1.54) is 6.42 Å². The van der Waals surface area contributed by atoms with Gasteiger partial charge < -0.3 is 19.7 Å². The fourth-order valence-electron chi connectivity index (χ4n) is 5.69. The molecule has 35 heavy (non-hydrogen) atoms. The molecule has 11 nitrogen and oxygen atoms in total. The van der Waals surface area contributed by atoms with Crippen molar-refractivity contribution in [3.8, 4) is 0 Å². The van der Waals surface area contributed by atoms with Gasteiger partial charge in [-0.2, -0.15) is 4.98 Å². The number of fused-ring (bicyclic) bond motifs is 4. The number of rotatable bonds is 4. The molecule has 1 amide bonds. The van der Waals surface area contributed by atoms with Gasteiger partial charge in [-0.3, -0.25) is 4.79 Å². The molecule has 3 aliphatic rings. The van der Waals surface area contributed by atoms with Crippen LogP contribution >= 0.6 is 0 Å². The van der Waals surface area contributed by atoms with Crippen molar-refractivity contribution in [1.29, 1.82) is 0 Å². The van der Waals surface area contributed by atoms with Gasteiger partial charge in [-0.15, -0.1) is 9.92 Å². The molecular formula is C24H29N9O2. The smallest absolute Gasteiger partial charge is 0.268 e. The fourth-order valence-corrected chi connectivity index (χ4v) is 5.69. The highest BCUT2D eigenvalue weighted by molar-refractivity contribution is 5.99. The molecule has 1 saturated carbocycles. The lowest BCUT2D eigenvalue weighted by Gasteiger charge is -2.42. The first-order chi connectivity index (χ1) is 17.1. The SMILES string of the molecule is CN1CCN(c2ccc(N(N=O)c3ncc4cc5n(c4n3)C3(CCCCC3)CNC5=O)nc2)CC1. The predicted molar refractivity (Wildman–Crippen MR) is 133 cm³/mol. The summed E-state index contributed by atoms with van der Waals surface area (Å²) in [5.41, 5.74) is 2.07. The van der Waals surface area contributed by atoms with E-state index in [-0.39, 0.29) is 17.4 Å². The van der Waals surface area contributed by atoms with Crippen molar-refractivity contribution in [2.24, 2.45) is 5.29 Å². The Bertz CT molecular complexity index is 1260. The molecule has 11 heteroatoms. The third kappa shape index (κ3) is 3.70. The second kappa shape index (κ2) is 8.56. The van der Waals surface area contributed by atoms with Gasteiger partial charge in [0.1, 0.15) is 11.3 Å². The molecule has 3 aromatic heterocycles. The van der Waals surface area contributed by atoms with Crippen LogP contribution in [0, 0.1) is 4.91 Å². The van der Waals surface area contributed by atoms with E-state index in [1.807, 2.05) is 12.1 Å². The second-order valence-electron chi connectivity index (χ2n) is 9.84. The molecule has 182 valence electrons. The normalized spacial score (nSPS) is 20.0. The number of hydrogen-bond acceptors (Lipinski definition) is 8. The van der Waals surface area contributed by atoms with Crippen molar-refractivity contribution in [3.63, 3.8) is 0 Å². The zero-order valence-corrected chi connectivity index (χ0v) is 19.9. The number of anilines is 3. The Morgan fingerprint density at radius 3 is 2.57 bits per heavy atom. The number of nitrogens with zero attached hydrogens (tertiary/aromatic N) is 8. The van der Waals surface area contributed by atoms with Crippen LogP contribution in [-0.4, -0.2) is 70.1 Å². The maximum absolute atomic E-state index is 12.7. The monoisotopic (exact) mass is 475 g/mol. The van der Waals surface area contributed by atoms with E-state index in [4.69, 9.17) is 4.98 Å². The van der Waals surface area contributed by atoms with Crippen molar-refractivity contribution in [3.05, 3.63) is 41.2 Å². The maximum atomic E-state index is 12.7. The van der Waals surface area contributed by atoms with Crippen molar-refractivity contribution < 1.29 is 4.79 Å². The maximum Gasteiger partial charge on any atom is 0.268 e. The third-order valence-corrected chi connectivity index (χ3v) is 7.69. The van der Waals surface area contributed by atoms with Crippen LogP contribution in [0.1, 0.15) is 42.6 Å². The number of amides is 1. The number of hydrogen-bond donors (Lipinski definition) is 1. The lowest BCUT2D eigenvalue weighted by Crippen LogP contribution is -2.52. The minimum Gasteiger partial charge on any atom is -0.368 e. The first-order valence-corrected chi connectivity index (χ1v) is 12.3. The van der Waals surface area contributed by atoms with Gasteiger partial charge in [0.25, 0.3) is 11.9 Å². The summed E-state index contributed by atoms with van der Waals surface area (Å²) in [7, 11) is 2.12. The molecule has 5 heterocycles. The molecule has 1 aliphatic carbocycles. The summed E-state index contributed by atoms with van der Waals surface area (Å²) in [5, 5.41) is 8.14. The minimum atomic E-state index is -0.198. The molecule has 0 unspecified atom stereocenters. The van der Waals surface area contributed by atoms with Gasteiger partial charge in [-0.1, -0.05) is 19.3 Å². The zero-order valence-electron chi connectivity index (χ0n) is 19.9. The number of carbonyl (C=O) groups excluding carboxylic acids is 1. The number of piperazine rings is 1. The largest absolute Gasteiger partial charge is 0.368 e. The van der Waals surface area contributed by atoms with Crippen LogP contribution in [-0.2, 0) is 5.54 Å². The van der Waals surface area contributed by atoms with E-state index < -0.39 is 0 Å². The average Bonchev–Trinajstić information content (AvgIpc) is 3.29. The standard InChI is InChI=1S/C24H29N9O2/c1-30-9-11-31(12-10-30)18-5-6-20(25-15-18)33(29-35)23-26-14-17-13-19-22(34)27-16-24(7-3-2-4-8-24)32(19)21(17)28-23/h5-6,13-15H,2-4,7-12,16H2,1H3,(H,27,34). The Kier molecular flexibility index (Phi) is 5.36. The van der Waals surface area contributed by atoms with E-state index in [2.05, 4.69) is 42.0 Å². The molecule has 0 atom stereocenters. The number of nitroso groups, excluding NO2 is 1. The average molecular weight is 476 g/mol. The van der Waals surface area contributed by atoms with Crippen molar-refractivity contribution in [1.82, 2.24) is 29.7 Å². The van der Waals surface area contributed by atoms with Gasteiger partial charge in [-0.25, -0.2) is 9.97 Å². The Labute approximate surface area is 203 Å². The van der Waals surface area contributed by atoms with Crippen LogP contribution in [0.15, 0.2) is 35.9 Å². The number of aromatic nitrogens is 4. The summed E-state index contributed by atoms with van der Waals surface area (Å²) in [4.78, 5) is 42.8. The molecular weight excluding hydrogens is 446 g/mol. The molecule has 6 rings (SSSR count). The van der Waals surface area contributed by atoms with Crippen molar-refractivity contribution in [2.75, 3.05) is 49.7 Å². The van der Waals surface area contributed by atoms with Crippen LogP contribution in [0.25, 0.3) is 11.0 Å². The van der Waals surface area contributed by atoms with Gasteiger partial charge in [0.05, 0.1) is 22.7 Å². The Morgan fingerprint density at radius 2 is 1.86 bits per heavy atom. The number of likely N-dealkylation sites (N-methyl/N-ethyl adjacent to an activating group) is 1. The highest BCUT2D eigenvalue weighted by Gasteiger charge is 2.41. The lowest BCUT2D eigenvalue weighted by atomic mass is 9.80. The summed E-state index contributed by atoms with van der Waals surface area (Å²) in [6, 6.07) is 5.56. The van der Waals surface area contributed by atoms with E-state index in [9.17, 15) is 9.70 Å². The molecule has 0 bridgehead atoms. The molecule has 0 radical (unpaired) electrons. The molecule has 2 aliphatic heterocycles. The van der Waals surface area contributed by atoms with E-state index >= 15 is 0 Å². The number of pyridine rings is 1. The summed E-state index contributed by atoms with van der Waals surface area (Å²) < 4.78 is 2.08. The fraction of sp³-hybridized carbons (Fsp3) is 0.500. The Morgan fingerprint density at radius 1 is 1.06 bits per heavy atom. The second-order valence-corrected chi connectivity index (χ2v) is 9.84. The molecule has 3 aromatic rings. The first-order valence-electron chi connectivity index (χ1n) is 12.3. The molecule has 0 aromatic carbocycles. The predicted octanol–water partition coefficient (Wildman–Crippen LogP) is 2.80. The lowest BCUT2D eigenvalue weighted by molar-refractivity contribution is 0.0833. The van der Waals surface area contributed by atoms with Crippen molar-refractivity contribution >= 4 is 34.4 Å². The van der Waals surface area contributed by atoms with Crippen LogP contribution in [0.2, 0.25) is 0 Å². The minimum absolute atomic E-state index is 0.104. The molecule has 1 spiro atoms. The summed E-state index contributed by atoms with van der Waals surface area (Å²) in [6.07, 6.45) is 8.80.